The highest BCUT2D eigenvalue weighted by Crippen LogP contribution is 2.01. The number of aliphatic hydroxyl groups excluding tert-OH is 1. The van der Waals surface area contributed by atoms with Crippen LogP contribution >= 0.6 is 0 Å². The zero-order valence-electron chi connectivity index (χ0n) is 8.70. The van der Waals surface area contributed by atoms with Gasteiger partial charge in [0.25, 0.3) is 0 Å². The molecule has 4 heteroatoms. The number of hydrogen-bond acceptors (Lipinski definition) is 3. The summed E-state index contributed by atoms with van der Waals surface area (Å²) in [6.45, 7) is 2.47. The van der Waals surface area contributed by atoms with E-state index in [4.69, 9.17) is 5.11 Å². The van der Waals surface area contributed by atoms with Crippen molar-refractivity contribution in [1.82, 2.24) is 9.88 Å². The second kappa shape index (κ2) is 4.59. The van der Waals surface area contributed by atoms with E-state index in [2.05, 4.69) is 5.32 Å². The standard InChI is InChI=1S/C10H18N2O2/c1-10(14,8-13)7-11-5-9-3-4-12(2)6-9/h3-4,6,11,13-14H,5,7-8H2,1-2H3. The third-order valence-corrected chi connectivity index (χ3v) is 2.07. The number of aryl methyl sites for hydroxylation is 1. The minimum Gasteiger partial charge on any atom is -0.393 e. The summed E-state index contributed by atoms with van der Waals surface area (Å²) < 4.78 is 1.97. The Morgan fingerprint density at radius 2 is 2.29 bits per heavy atom. The lowest BCUT2D eigenvalue weighted by Gasteiger charge is -2.20. The molecule has 0 bridgehead atoms. The van der Waals surface area contributed by atoms with Crippen molar-refractivity contribution in [1.29, 1.82) is 0 Å². The van der Waals surface area contributed by atoms with Crippen molar-refractivity contribution in [2.24, 2.45) is 7.05 Å². The van der Waals surface area contributed by atoms with E-state index < -0.39 is 5.60 Å². The summed E-state index contributed by atoms with van der Waals surface area (Å²) in [4.78, 5) is 0. The van der Waals surface area contributed by atoms with E-state index in [1.807, 2.05) is 30.1 Å². The lowest BCUT2D eigenvalue weighted by atomic mass is 10.1. The van der Waals surface area contributed by atoms with Crippen LogP contribution in [-0.4, -0.2) is 33.5 Å². The predicted molar refractivity (Wildman–Crippen MR) is 54.8 cm³/mol. The molecule has 14 heavy (non-hydrogen) atoms. The fourth-order valence-electron chi connectivity index (χ4n) is 1.20. The molecule has 0 amide bonds. The Hall–Kier alpha value is -0.840. The van der Waals surface area contributed by atoms with Crippen molar-refractivity contribution < 1.29 is 10.2 Å². The maximum absolute atomic E-state index is 9.49. The van der Waals surface area contributed by atoms with Gasteiger partial charge in [-0.2, -0.15) is 0 Å². The summed E-state index contributed by atoms with van der Waals surface area (Å²) in [5.74, 6) is 0. The molecule has 1 rings (SSSR count). The molecule has 0 aromatic carbocycles. The molecule has 80 valence electrons. The zero-order valence-corrected chi connectivity index (χ0v) is 8.70. The highest BCUT2D eigenvalue weighted by molar-refractivity contribution is 5.09. The number of nitrogens with one attached hydrogen (secondary N) is 1. The minimum atomic E-state index is -1.03. The molecule has 0 spiro atoms. The Kier molecular flexibility index (Phi) is 3.69. The number of aliphatic hydroxyl groups is 2. The molecule has 1 unspecified atom stereocenters. The Labute approximate surface area is 84.2 Å². The molecular weight excluding hydrogens is 180 g/mol. The quantitative estimate of drug-likeness (QED) is 0.617. The van der Waals surface area contributed by atoms with Crippen LogP contribution in [0.4, 0.5) is 0 Å². The van der Waals surface area contributed by atoms with Crippen molar-refractivity contribution >= 4 is 0 Å². The smallest absolute Gasteiger partial charge is 0.0972 e. The summed E-state index contributed by atoms with van der Waals surface area (Å²) in [6.07, 6.45) is 3.99. The van der Waals surface area contributed by atoms with Crippen molar-refractivity contribution in [2.75, 3.05) is 13.2 Å². The summed E-state index contributed by atoms with van der Waals surface area (Å²) in [5, 5.41) is 21.4. The molecule has 1 atom stereocenters. The zero-order chi connectivity index (χ0) is 10.6. The molecule has 1 aromatic heterocycles. The molecule has 4 nitrogen and oxygen atoms in total. The molecule has 0 aliphatic carbocycles. The fraction of sp³-hybridized carbons (Fsp3) is 0.600. The minimum absolute atomic E-state index is 0.227. The van der Waals surface area contributed by atoms with Gasteiger partial charge in [-0.05, 0) is 18.6 Å². The van der Waals surface area contributed by atoms with Crippen LogP contribution in [0.2, 0.25) is 0 Å². The molecule has 0 aliphatic rings. The third kappa shape index (κ3) is 3.49. The second-order valence-corrected chi connectivity index (χ2v) is 3.94. The molecule has 0 aliphatic heterocycles. The van der Waals surface area contributed by atoms with Gasteiger partial charge in [0, 0.05) is 32.5 Å². The summed E-state index contributed by atoms with van der Waals surface area (Å²) in [6, 6.07) is 2.01. The van der Waals surface area contributed by atoms with Crippen LogP contribution < -0.4 is 5.32 Å². The molecule has 0 radical (unpaired) electrons. The first-order valence-electron chi connectivity index (χ1n) is 4.68. The van der Waals surface area contributed by atoms with E-state index in [-0.39, 0.29) is 6.61 Å². The van der Waals surface area contributed by atoms with E-state index in [1.165, 1.54) is 5.56 Å². The van der Waals surface area contributed by atoms with E-state index in [0.29, 0.717) is 13.1 Å². The van der Waals surface area contributed by atoms with Gasteiger partial charge in [0.2, 0.25) is 0 Å². The van der Waals surface area contributed by atoms with Gasteiger partial charge >= 0.3 is 0 Å². The average molecular weight is 198 g/mol. The Morgan fingerprint density at radius 1 is 1.57 bits per heavy atom. The van der Waals surface area contributed by atoms with Crippen LogP contribution in [0.5, 0.6) is 0 Å². The van der Waals surface area contributed by atoms with Crippen molar-refractivity contribution in [2.45, 2.75) is 19.1 Å². The Balaban J connectivity index is 2.28. The number of rotatable bonds is 5. The van der Waals surface area contributed by atoms with Gasteiger partial charge in [-0.25, -0.2) is 0 Å². The monoisotopic (exact) mass is 198 g/mol. The number of aromatic nitrogens is 1. The molecule has 0 fully saturated rings. The summed E-state index contributed by atoms with van der Waals surface area (Å²) in [5.41, 5.74) is 0.135. The maximum atomic E-state index is 9.49. The predicted octanol–water partition coefficient (Wildman–Crippen LogP) is -0.142. The van der Waals surface area contributed by atoms with Crippen molar-refractivity contribution in [3.8, 4) is 0 Å². The topological polar surface area (TPSA) is 57.4 Å². The Morgan fingerprint density at radius 3 is 2.79 bits per heavy atom. The van der Waals surface area contributed by atoms with Crippen molar-refractivity contribution in [3.63, 3.8) is 0 Å². The maximum Gasteiger partial charge on any atom is 0.0972 e. The second-order valence-electron chi connectivity index (χ2n) is 3.94. The van der Waals surface area contributed by atoms with Gasteiger partial charge < -0.3 is 20.1 Å². The highest BCUT2D eigenvalue weighted by Gasteiger charge is 2.17. The molecule has 0 saturated carbocycles. The SMILES string of the molecule is Cn1ccc(CNCC(C)(O)CO)c1. The van der Waals surface area contributed by atoms with Crippen LogP contribution in [0.25, 0.3) is 0 Å². The largest absolute Gasteiger partial charge is 0.393 e. The first-order chi connectivity index (χ1) is 6.53. The van der Waals surface area contributed by atoms with Crippen molar-refractivity contribution in [3.05, 3.63) is 24.0 Å². The average Bonchev–Trinajstić information content (AvgIpc) is 2.51. The number of hydrogen-bond donors (Lipinski definition) is 3. The van der Waals surface area contributed by atoms with Gasteiger partial charge in [-0.15, -0.1) is 0 Å². The molecule has 0 saturated heterocycles. The molecular formula is C10H18N2O2. The molecule has 1 aromatic rings. The van der Waals surface area contributed by atoms with Gasteiger partial charge in [0.15, 0.2) is 0 Å². The van der Waals surface area contributed by atoms with Crippen LogP contribution in [0.15, 0.2) is 18.5 Å². The lowest BCUT2D eigenvalue weighted by Crippen LogP contribution is -2.40. The van der Waals surface area contributed by atoms with Gasteiger partial charge in [-0.1, -0.05) is 0 Å². The van der Waals surface area contributed by atoms with Crippen LogP contribution in [0.1, 0.15) is 12.5 Å². The molecule has 3 N–H and O–H groups in total. The Bertz CT molecular complexity index is 281. The van der Waals surface area contributed by atoms with Crippen LogP contribution in [0, 0.1) is 0 Å². The summed E-state index contributed by atoms with van der Waals surface area (Å²) in [7, 11) is 1.97. The van der Waals surface area contributed by atoms with E-state index in [1.54, 1.807) is 6.92 Å². The van der Waals surface area contributed by atoms with Crippen LogP contribution in [0.3, 0.4) is 0 Å². The fourth-order valence-corrected chi connectivity index (χ4v) is 1.20. The van der Waals surface area contributed by atoms with E-state index in [9.17, 15) is 5.11 Å². The van der Waals surface area contributed by atoms with Gasteiger partial charge in [0.05, 0.1) is 12.2 Å². The number of nitrogens with zero attached hydrogens (tertiary/aromatic N) is 1. The first kappa shape index (κ1) is 11.2. The van der Waals surface area contributed by atoms with Crippen LogP contribution in [-0.2, 0) is 13.6 Å². The van der Waals surface area contributed by atoms with E-state index >= 15 is 0 Å². The highest BCUT2D eigenvalue weighted by atomic mass is 16.3. The van der Waals surface area contributed by atoms with E-state index in [0.717, 1.165) is 0 Å². The van der Waals surface area contributed by atoms with Gasteiger partial charge in [-0.3, -0.25) is 0 Å². The first-order valence-corrected chi connectivity index (χ1v) is 4.68. The molecule has 1 heterocycles. The normalized spacial score (nSPS) is 15.4. The third-order valence-electron chi connectivity index (χ3n) is 2.07. The van der Waals surface area contributed by atoms with Gasteiger partial charge in [0.1, 0.15) is 0 Å². The lowest BCUT2D eigenvalue weighted by molar-refractivity contribution is 0.00254. The summed E-state index contributed by atoms with van der Waals surface area (Å²) >= 11 is 0.